The van der Waals surface area contributed by atoms with Crippen molar-refractivity contribution in [2.24, 2.45) is 4.99 Å². The predicted molar refractivity (Wildman–Crippen MR) is 36.3 cm³/mol. The SMILES string of the molecule is CS(=O)(=O)C1=NCC=C1. The van der Waals surface area contributed by atoms with Crippen LogP contribution in [0.2, 0.25) is 0 Å². The number of aliphatic imine (C=N–C) groups is 1. The second-order valence-corrected chi connectivity index (χ2v) is 3.82. The monoisotopic (exact) mass is 145 g/mol. The van der Waals surface area contributed by atoms with Crippen LogP contribution in [0.15, 0.2) is 17.1 Å². The van der Waals surface area contributed by atoms with Crippen LogP contribution >= 0.6 is 0 Å². The fourth-order valence-corrected chi connectivity index (χ4v) is 1.24. The van der Waals surface area contributed by atoms with Gasteiger partial charge in [0.05, 0.1) is 6.54 Å². The first-order chi connectivity index (χ1) is 4.11. The Morgan fingerprint density at radius 2 is 2.33 bits per heavy atom. The topological polar surface area (TPSA) is 46.5 Å². The highest BCUT2D eigenvalue weighted by Crippen LogP contribution is 1.99. The van der Waals surface area contributed by atoms with Gasteiger partial charge in [-0.2, -0.15) is 0 Å². The average Bonchev–Trinajstić information content (AvgIpc) is 2.08. The molecule has 50 valence electrons. The standard InChI is InChI=1S/C5H7NO2S/c1-9(7,8)5-3-2-4-6-5/h2-3H,4H2,1H3. The molecule has 0 atom stereocenters. The Bertz CT molecular complexity index is 261. The number of hydrogen-bond acceptors (Lipinski definition) is 3. The summed E-state index contributed by atoms with van der Waals surface area (Å²) >= 11 is 0. The Morgan fingerprint density at radius 3 is 2.56 bits per heavy atom. The molecule has 0 N–H and O–H groups in total. The minimum Gasteiger partial charge on any atom is -0.270 e. The summed E-state index contributed by atoms with van der Waals surface area (Å²) < 4.78 is 21.3. The van der Waals surface area contributed by atoms with Crippen molar-refractivity contribution < 1.29 is 8.42 Å². The second kappa shape index (κ2) is 1.95. The number of nitrogens with zero attached hydrogens (tertiary/aromatic N) is 1. The third-order valence-corrected chi connectivity index (χ3v) is 2.02. The van der Waals surface area contributed by atoms with Gasteiger partial charge in [0.15, 0.2) is 9.84 Å². The van der Waals surface area contributed by atoms with Gasteiger partial charge in [-0.15, -0.1) is 0 Å². The molecule has 1 heterocycles. The molecule has 0 aromatic carbocycles. The Balaban J connectivity index is 3.01. The second-order valence-electron chi connectivity index (χ2n) is 1.85. The van der Waals surface area contributed by atoms with Gasteiger partial charge in [0.1, 0.15) is 5.04 Å². The summed E-state index contributed by atoms with van der Waals surface area (Å²) in [6.45, 7) is 0.502. The molecular formula is C5H7NO2S. The van der Waals surface area contributed by atoms with Crippen molar-refractivity contribution >= 4 is 14.9 Å². The lowest BCUT2D eigenvalue weighted by atomic mass is 10.6. The lowest BCUT2D eigenvalue weighted by molar-refractivity contribution is 0.612. The fraction of sp³-hybridized carbons (Fsp3) is 0.400. The molecule has 0 radical (unpaired) electrons. The van der Waals surface area contributed by atoms with E-state index in [1.807, 2.05) is 0 Å². The Hall–Kier alpha value is -0.640. The third kappa shape index (κ3) is 1.38. The molecule has 0 saturated heterocycles. The summed E-state index contributed by atoms with van der Waals surface area (Å²) in [5.41, 5.74) is 0. The van der Waals surface area contributed by atoms with E-state index in [0.717, 1.165) is 6.26 Å². The van der Waals surface area contributed by atoms with Crippen LogP contribution in [0.4, 0.5) is 0 Å². The highest BCUT2D eigenvalue weighted by Gasteiger charge is 2.10. The van der Waals surface area contributed by atoms with E-state index in [4.69, 9.17) is 0 Å². The molecule has 0 aliphatic carbocycles. The van der Waals surface area contributed by atoms with Gasteiger partial charge in [-0.05, 0) is 6.08 Å². The zero-order chi connectivity index (χ0) is 6.91. The van der Waals surface area contributed by atoms with Gasteiger partial charge in [-0.25, -0.2) is 8.42 Å². The van der Waals surface area contributed by atoms with Gasteiger partial charge in [-0.1, -0.05) is 6.08 Å². The summed E-state index contributed by atoms with van der Waals surface area (Å²) in [5.74, 6) is 0. The molecule has 9 heavy (non-hydrogen) atoms. The Morgan fingerprint density at radius 1 is 1.67 bits per heavy atom. The van der Waals surface area contributed by atoms with E-state index in [-0.39, 0.29) is 5.04 Å². The summed E-state index contributed by atoms with van der Waals surface area (Å²) in [5, 5.41) is 0.197. The molecule has 0 aromatic rings. The molecule has 0 aromatic heterocycles. The van der Waals surface area contributed by atoms with E-state index >= 15 is 0 Å². The average molecular weight is 145 g/mol. The summed E-state index contributed by atoms with van der Waals surface area (Å²) in [6, 6.07) is 0. The van der Waals surface area contributed by atoms with E-state index < -0.39 is 9.84 Å². The molecule has 1 aliphatic heterocycles. The Labute approximate surface area is 54.0 Å². The smallest absolute Gasteiger partial charge is 0.192 e. The molecule has 0 saturated carbocycles. The predicted octanol–water partition coefficient (Wildman–Crippen LogP) is -0.000700. The van der Waals surface area contributed by atoms with Crippen molar-refractivity contribution in [1.82, 2.24) is 0 Å². The highest BCUT2D eigenvalue weighted by molar-refractivity contribution is 8.06. The molecular weight excluding hydrogens is 138 g/mol. The van der Waals surface area contributed by atoms with E-state index in [1.54, 1.807) is 6.08 Å². The fourth-order valence-electron chi connectivity index (χ4n) is 0.590. The zero-order valence-corrected chi connectivity index (χ0v) is 5.85. The van der Waals surface area contributed by atoms with Crippen molar-refractivity contribution in [2.45, 2.75) is 0 Å². The van der Waals surface area contributed by atoms with E-state index in [1.165, 1.54) is 6.08 Å². The maximum Gasteiger partial charge on any atom is 0.192 e. The van der Waals surface area contributed by atoms with E-state index in [9.17, 15) is 8.42 Å². The van der Waals surface area contributed by atoms with Crippen LogP contribution in [0, 0.1) is 0 Å². The lowest BCUT2D eigenvalue weighted by Crippen LogP contribution is -2.07. The molecule has 1 aliphatic rings. The highest BCUT2D eigenvalue weighted by atomic mass is 32.2. The van der Waals surface area contributed by atoms with Crippen molar-refractivity contribution in [3.63, 3.8) is 0 Å². The van der Waals surface area contributed by atoms with E-state index in [2.05, 4.69) is 4.99 Å². The molecule has 0 spiro atoms. The van der Waals surface area contributed by atoms with Crippen molar-refractivity contribution in [1.29, 1.82) is 0 Å². The summed E-state index contributed by atoms with van der Waals surface area (Å²) in [6.07, 6.45) is 4.40. The zero-order valence-electron chi connectivity index (χ0n) is 5.03. The molecule has 0 bridgehead atoms. The first-order valence-corrected chi connectivity index (χ1v) is 4.41. The van der Waals surface area contributed by atoms with Crippen LogP contribution in [0.1, 0.15) is 0 Å². The van der Waals surface area contributed by atoms with Gasteiger partial charge in [0.25, 0.3) is 0 Å². The lowest BCUT2D eigenvalue weighted by Gasteiger charge is -1.89. The van der Waals surface area contributed by atoms with Crippen LogP contribution in [-0.2, 0) is 9.84 Å². The molecule has 0 fully saturated rings. The van der Waals surface area contributed by atoms with Gasteiger partial charge >= 0.3 is 0 Å². The van der Waals surface area contributed by atoms with Crippen LogP contribution in [-0.4, -0.2) is 26.3 Å². The van der Waals surface area contributed by atoms with Gasteiger partial charge in [0, 0.05) is 6.26 Å². The Kier molecular flexibility index (Phi) is 1.40. The first kappa shape index (κ1) is 6.48. The van der Waals surface area contributed by atoms with E-state index in [0.29, 0.717) is 6.54 Å². The number of hydrogen-bond donors (Lipinski definition) is 0. The van der Waals surface area contributed by atoms with Crippen molar-refractivity contribution in [3.8, 4) is 0 Å². The summed E-state index contributed by atoms with van der Waals surface area (Å²) in [7, 11) is -3.04. The maximum absolute atomic E-state index is 10.7. The molecule has 0 unspecified atom stereocenters. The van der Waals surface area contributed by atoms with Crippen LogP contribution in [0.25, 0.3) is 0 Å². The van der Waals surface area contributed by atoms with Gasteiger partial charge in [0.2, 0.25) is 0 Å². The van der Waals surface area contributed by atoms with Gasteiger partial charge in [-0.3, -0.25) is 4.99 Å². The summed E-state index contributed by atoms with van der Waals surface area (Å²) in [4.78, 5) is 3.72. The van der Waals surface area contributed by atoms with Gasteiger partial charge < -0.3 is 0 Å². The molecule has 0 amide bonds. The van der Waals surface area contributed by atoms with Crippen molar-refractivity contribution in [2.75, 3.05) is 12.8 Å². The third-order valence-electron chi connectivity index (χ3n) is 0.993. The molecule has 1 rings (SSSR count). The normalized spacial score (nSPS) is 18.1. The maximum atomic E-state index is 10.7. The van der Waals surface area contributed by atoms with Crippen LogP contribution < -0.4 is 0 Å². The molecule has 3 nitrogen and oxygen atoms in total. The number of rotatable bonds is 0. The minimum atomic E-state index is -3.04. The molecule has 4 heteroatoms. The van der Waals surface area contributed by atoms with Crippen LogP contribution in [0.3, 0.4) is 0 Å². The first-order valence-electron chi connectivity index (χ1n) is 2.52. The largest absolute Gasteiger partial charge is 0.270 e. The van der Waals surface area contributed by atoms with Crippen molar-refractivity contribution in [3.05, 3.63) is 12.2 Å². The van der Waals surface area contributed by atoms with Crippen LogP contribution in [0.5, 0.6) is 0 Å². The number of sulfone groups is 1. The minimum absolute atomic E-state index is 0.197. The quantitative estimate of drug-likeness (QED) is 0.481.